The molecule has 14 nitrogen and oxygen atoms in total. The molecule has 5 rings (SSSR count). The van der Waals surface area contributed by atoms with Gasteiger partial charge in [0.1, 0.15) is 30.5 Å². The van der Waals surface area contributed by atoms with Gasteiger partial charge in [-0.25, -0.2) is 0 Å². The van der Waals surface area contributed by atoms with Crippen molar-refractivity contribution in [2.45, 2.75) is 216 Å². The first kappa shape index (κ1) is 65.5. The molecule has 5 N–H and O–H groups in total. The molecule has 2 aliphatic heterocycles. The van der Waals surface area contributed by atoms with E-state index < -0.39 is 41.6 Å². The number of carbonyl (C=O) groups excluding carboxylic acids is 2. The van der Waals surface area contributed by atoms with Gasteiger partial charge in [-0.15, -0.1) is 0 Å². The lowest BCUT2D eigenvalue weighted by molar-refractivity contribution is -0.337. The normalized spacial score (nSPS) is 19.1. The molecular weight excluding hydrogens is 1000 g/mol. The van der Waals surface area contributed by atoms with Crippen molar-refractivity contribution in [1.29, 1.82) is 0 Å². The maximum absolute atomic E-state index is 12.7. The van der Waals surface area contributed by atoms with Gasteiger partial charge in [0.2, 0.25) is 0 Å². The van der Waals surface area contributed by atoms with Gasteiger partial charge in [-0.2, -0.15) is 0 Å². The molecule has 0 aromatic heterocycles. The summed E-state index contributed by atoms with van der Waals surface area (Å²) in [5.41, 5.74) is 4.61. The fourth-order valence-corrected chi connectivity index (χ4v) is 11.3. The number of rotatable bonds is 16. The molecule has 2 saturated heterocycles. The Morgan fingerprint density at radius 3 is 1.10 bits per heavy atom. The lowest BCUT2D eigenvalue weighted by atomic mass is 9.76. The van der Waals surface area contributed by atoms with Crippen molar-refractivity contribution in [2.75, 3.05) is 39.6 Å². The highest BCUT2D eigenvalue weighted by molar-refractivity contribution is 7.53. The first-order valence-electron chi connectivity index (χ1n) is 27.4. The Morgan fingerprint density at radius 2 is 0.831 bits per heavy atom. The molecule has 0 bridgehead atoms. The van der Waals surface area contributed by atoms with Crippen LogP contribution in [0.1, 0.15) is 200 Å². The number of aryl methyl sites for hydroxylation is 4. The Bertz CT molecular complexity index is 2400. The SMILES string of the molecule is CCC(CC)(c1cc(C(C)(C)C)c(O)c(C(C)(C)C)c1)P(=O)(O)O.Cc1cc(CCC(=O)OCC(C)(C)C2OCC3(CO2)COC(C(C)(C)COC(=O)CCc2cc(C)c(O)c(C(C)(C)C)c2)OC3)cc(C(C)(C)C)c1O. The molecule has 2 aliphatic rings. The molecular formula is C62H97O14P. The van der Waals surface area contributed by atoms with Crippen molar-refractivity contribution in [3.8, 4) is 17.2 Å². The number of carbonyl (C=O) groups is 2. The standard InChI is InChI=1S/C43H64O10.C19H33O4P/c1-27-17-29(19-31(35(27)46)39(3,4)5)13-15-33(44)48-21-41(9,10)37-50-23-43(24-51-37)25-52-38(53-26-43)42(11,12)22-49-34(45)16-14-30-18-28(2)36(47)32(20-30)40(6,7)8;1-9-19(10-2,24(21,22)23)13-11-14(17(3,4)5)16(20)15(12-13)18(6,7)8/h17-20,37-38,46-47H,13-16,21-26H2,1-12H3;11-12,20H,9-10H2,1-8H3,(H2,21,22,23). The van der Waals surface area contributed by atoms with E-state index in [9.17, 15) is 39.3 Å². The van der Waals surface area contributed by atoms with Crippen LogP contribution < -0.4 is 0 Å². The maximum atomic E-state index is 12.7. The van der Waals surface area contributed by atoms with Gasteiger partial charge in [0.25, 0.3) is 0 Å². The Balaban J connectivity index is 0.000000446. The van der Waals surface area contributed by atoms with E-state index in [-0.39, 0.29) is 65.4 Å². The molecule has 77 heavy (non-hydrogen) atoms. The van der Waals surface area contributed by atoms with Gasteiger partial charge in [-0.1, -0.05) is 161 Å². The van der Waals surface area contributed by atoms with Crippen molar-refractivity contribution >= 4 is 19.5 Å². The van der Waals surface area contributed by atoms with Crippen LogP contribution in [0.5, 0.6) is 17.2 Å². The van der Waals surface area contributed by atoms with Gasteiger partial charge in [-0.3, -0.25) is 14.2 Å². The minimum Gasteiger partial charge on any atom is -0.507 e. The predicted octanol–water partition coefficient (Wildman–Crippen LogP) is 12.9. The van der Waals surface area contributed by atoms with Crippen molar-refractivity contribution < 1.29 is 67.7 Å². The maximum Gasteiger partial charge on any atom is 0.335 e. The zero-order valence-electron chi connectivity index (χ0n) is 50.5. The minimum atomic E-state index is -4.37. The topological polar surface area (TPSA) is 208 Å². The van der Waals surface area contributed by atoms with E-state index in [1.54, 1.807) is 12.1 Å². The molecule has 2 heterocycles. The van der Waals surface area contributed by atoms with E-state index in [1.165, 1.54) is 0 Å². The third-order valence-electron chi connectivity index (χ3n) is 15.2. The van der Waals surface area contributed by atoms with Crippen molar-refractivity contribution in [1.82, 2.24) is 0 Å². The number of hydrogen-bond acceptors (Lipinski definition) is 12. The number of phenolic OH excluding ortho intramolecular Hbond substituents is 3. The highest BCUT2D eigenvalue weighted by atomic mass is 31.2. The Morgan fingerprint density at radius 1 is 0.532 bits per heavy atom. The van der Waals surface area contributed by atoms with Gasteiger partial charge >= 0.3 is 19.5 Å². The summed E-state index contributed by atoms with van der Waals surface area (Å²) in [5, 5.41) is 30.6. The fraction of sp³-hybridized carbons (Fsp3) is 0.677. The van der Waals surface area contributed by atoms with Crippen LogP contribution in [0.25, 0.3) is 0 Å². The number of ether oxygens (including phenoxy) is 6. The number of aromatic hydroxyl groups is 3. The van der Waals surface area contributed by atoms with E-state index in [2.05, 4.69) is 41.5 Å². The summed E-state index contributed by atoms with van der Waals surface area (Å²) < 4.78 is 48.5. The third kappa shape index (κ3) is 16.3. The average molecular weight is 1100 g/mol. The van der Waals surface area contributed by atoms with E-state index in [0.29, 0.717) is 69.2 Å². The van der Waals surface area contributed by atoms with Crippen LogP contribution in [-0.4, -0.2) is 89.3 Å². The van der Waals surface area contributed by atoms with Crippen LogP contribution in [0, 0.1) is 30.1 Å². The molecule has 15 heteroatoms. The molecule has 434 valence electrons. The first-order chi connectivity index (χ1) is 35.0. The molecule has 0 atom stereocenters. The molecule has 1 spiro atoms. The fourth-order valence-electron chi connectivity index (χ4n) is 9.99. The Labute approximate surface area is 461 Å². The predicted molar refractivity (Wildman–Crippen MR) is 303 cm³/mol. The molecule has 3 aromatic rings. The van der Waals surface area contributed by atoms with E-state index in [0.717, 1.165) is 44.5 Å². The monoisotopic (exact) mass is 1100 g/mol. The summed E-state index contributed by atoms with van der Waals surface area (Å²) in [7, 11) is -4.37. The van der Waals surface area contributed by atoms with Crippen LogP contribution in [-0.2, 0) is 82.2 Å². The van der Waals surface area contributed by atoms with Gasteiger partial charge in [0.15, 0.2) is 12.6 Å². The van der Waals surface area contributed by atoms with Crippen molar-refractivity contribution in [2.24, 2.45) is 16.2 Å². The third-order valence-corrected chi connectivity index (χ3v) is 17.2. The lowest BCUT2D eigenvalue weighted by Crippen LogP contribution is -2.57. The van der Waals surface area contributed by atoms with E-state index in [1.807, 2.05) is 121 Å². The molecule has 0 aliphatic carbocycles. The summed E-state index contributed by atoms with van der Waals surface area (Å²) in [4.78, 5) is 45.7. The molecule has 3 aromatic carbocycles. The number of benzene rings is 3. The zero-order chi connectivity index (χ0) is 58.7. The summed E-state index contributed by atoms with van der Waals surface area (Å²) in [5.74, 6) is 0.229. The van der Waals surface area contributed by atoms with E-state index in [4.69, 9.17) is 28.4 Å². The van der Waals surface area contributed by atoms with Crippen molar-refractivity contribution in [3.63, 3.8) is 0 Å². The largest absolute Gasteiger partial charge is 0.507 e. The molecule has 0 unspecified atom stereocenters. The second kappa shape index (κ2) is 24.4. The zero-order valence-corrected chi connectivity index (χ0v) is 51.4. The lowest BCUT2D eigenvalue weighted by Gasteiger charge is -2.48. The second-order valence-corrected chi connectivity index (χ2v) is 29.5. The summed E-state index contributed by atoms with van der Waals surface area (Å²) in [6, 6.07) is 11.4. The Kier molecular flexibility index (Phi) is 20.7. The van der Waals surface area contributed by atoms with Crippen LogP contribution >= 0.6 is 7.60 Å². The second-order valence-electron chi connectivity index (χ2n) is 27.5. The average Bonchev–Trinajstić information content (AvgIpc) is 3.30. The van der Waals surface area contributed by atoms with Crippen LogP contribution in [0.4, 0.5) is 0 Å². The van der Waals surface area contributed by atoms with Gasteiger partial charge < -0.3 is 53.5 Å². The van der Waals surface area contributed by atoms with Crippen LogP contribution in [0.15, 0.2) is 36.4 Å². The van der Waals surface area contributed by atoms with Crippen LogP contribution in [0.2, 0.25) is 0 Å². The number of esters is 2. The highest BCUT2D eigenvalue weighted by Crippen LogP contribution is 2.62. The summed E-state index contributed by atoms with van der Waals surface area (Å²) >= 11 is 0. The van der Waals surface area contributed by atoms with Gasteiger partial charge in [-0.05, 0) is 111 Å². The first-order valence-corrected chi connectivity index (χ1v) is 29.0. The summed E-state index contributed by atoms with van der Waals surface area (Å²) in [6.07, 6.45) is 1.01. The van der Waals surface area contributed by atoms with Gasteiger partial charge in [0.05, 0.1) is 37.0 Å². The van der Waals surface area contributed by atoms with Crippen molar-refractivity contribution in [3.05, 3.63) is 86.5 Å². The van der Waals surface area contributed by atoms with Crippen LogP contribution in [0.3, 0.4) is 0 Å². The molecule has 0 amide bonds. The molecule has 2 fully saturated rings. The number of phenols is 3. The molecule has 0 saturated carbocycles. The highest BCUT2D eigenvalue weighted by Gasteiger charge is 2.49. The van der Waals surface area contributed by atoms with Gasteiger partial charge in [0, 0.05) is 23.7 Å². The smallest absolute Gasteiger partial charge is 0.335 e. The quantitative estimate of drug-likeness (QED) is 0.0668. The van der Waals surface area contributed by atoms with E-state index >= 15 is 0 Å². The Hall–Kier alpha value is -4.01. The minimum absolute atomic E-state index is 0.139. The molecule has 0 radical (unpaired) electrons. The number of hydrogen-bond donors (Lipinski definition) is 5. The summed E-state index contributed by atoms with van der Waals surface area (Å²) in [6.45, 7) is 41.2.